The normalized spacial score (nSPS) is 10.7. The molecule has 0 fully saturated rings. The largest absolute Gasteiger partial charge is 0.378 e. The Bertz CT molecular complexity index is 455. The fraction of sp³-hybridized carbons (Fsp3) is 0.667. The summed E-state index contributed by atoms with van der Waals surface area (Å²) in [5.41, 5.74) is -0.146. The Balaban J connectivity index is 2.54. The van der Waals surface area contributed by atoms with Crippen LogP contribution in [0.15, 0.2) is 6.33 Å². The van der Waals surface area contributed by atoms with Gasteiger partial charge in [-0.1, -0.05) is 0 Å². The molecule has 0 bridgehead atoms. The van der Waals surface area contributed by atoms with Crippen molar-refractivity contribution in [3.05, 3.63) is 16.4 Å². The number of rotatable bonds is 10. The van der Waals surface area contributed by atoms with Crippen molar-refractivity contribution in [2.45, 2.75) is 6.92 Å². The van der Waals surface area contributed by atoms with Gasteiger partial charge in [-0.3, -0.25) is 10.1 Å². The summed E-state index contributed by atoms with van der Waals surface area (Å²) in [4.78, 5) is 20.5. The van der Waals surface area contributed by atoms with Gasteiger partial charge in [0.2, 0.25) is 11.6 Å². The highest BCUT2D eigenvalue weighted by Gasteiger charge is 2.22. The van der Waals surface area contributed by atoms with E-state index in [1.807, 2.05) is 25.9 Å². The van der Waals surface area contributed by atoms with Crippen LogP contribution < -0.4 is 10.6 Å². The maximum Gasteiger partial charge on any atom is 0.353 e. The van der Waals surface area contributed by atoms with Crippen molar-refractivity contribution < 1.29 is 9.66 Å². The highest BCUT2D eigenvalue weighted by atomic mass is 16.6. The molecule has 1 rings (SSSR count). The van der Waals surface area contributed by atoms with E-state index in [9.17, 15) is 10.1 Å². The molecule has 0 atom stereocenters. The number of ether oxygens (including phenoxy) is 1. The van der Waals surface area contributed by atoms with Gasteiger partial charge < -0.3 is 20.3 Å². The van der Waals surface area contributed by atoms with Gasteiger partial charge in [-0.2, -0.15) is 0 Å². The summed E-state index contributed by atoms with van der Waals surface area (Å²) < 4.78 is 5.41. The standard InChI is InChI=1S/C12H22N6O3/c1-4-13-11-10(18(19)20)12(16-9-15-11)14-5-7-21-8-6-17(2)3/h9H,4-8H2,1-3H3,(H2,13,14,15,16). The first-order valence-electron chi connectivity index (χ1n) is 6.75. The Morgan fingerprint density at radius 3 is 2.52 bits per heavy atom. The van der Waals surface area contributed by atoms with Crippen LogP contribution in [0.2, 0.25) is 0 Å². The topological polar surface area (TPSA) is 105 Å². The van der Waals surface area contributed by atoms with Gasteiger partial charge in [0.25, 0.3) is 0 Å². The van der Waals surface area contributed by atoms with E-state index in [1.165, 1.54) is 6.33 Å². The predicted octanol–water partition coefficient (Wildman–Crippen LogP) is 0.807. The van der Waals surface area contributed by atoms with Crippen molar-refractivity contribution >= 4 is 17.3 Å². The molecule has 9 nitrogen and oxygen atoms in total. The van der Waals surface area contributed by atoms with Crippen LogP contribution in [0.3, 0.4) is 0 Å². The van der Waals surface area contributed by atoms with Crippen molar-refractivity contribution in [3.63, 3.8) is 0 Å². The molecule has 1 aromatic heterocycles. The van der Waals surface area contributed by atoms with Crippen LogP contribution in [-0.4, -0.2) is 66.7 Å². The third-order valence-electron chi connectivity index (χ3n) is 2.57. The second-order valence-corrected chi connectivity index (χ2v) is 4.55. The maximum atomic E-state index is 11.1. The zero-order valence-electron chi connectivity index (χ0n) is 12.6. The maximum absolute atomic E-state index is 11.1. The first-order chi connectivity index (χ1) is 10.1. The number of hydrogen-bond acceptors (Lipinski definition) is 8. The minimum atomic E-state index is -0.493. The van der Waals surface area contributed by atoms with Gasteiger partial charge >= 0.3 is 5.69 Å². The molecule has 0 saturated carbocycles. The molecule has 118 valence electrons. The Labute approximate surface area is 123 Å². The number of nitro groups is 1. The zero-order chi connectivity index (χ0) is 15.7. The number of likely N-dealkylation sites (N-methyl/N-ethyl adjacent to an activating group) is 1. The minimum absolute atomic E-state index is 0.146. The van der Waals surface area contributed by atoms with Gasteiger partial charge in [0.15, 0.2) is 0 Å². The van der Waals surface area contributed by atoms with Crippen molar-refractivity contribution in [1.29, 1.82) is 0 Å². The fourth-order valence-electron chi connectivity index (χ4n) is 1.57. The Kier molecular flexibility index (Phi) is 7.33. The molecule has 0 aromatic carbocycles. The second kappa shape index (κ2) is 9.03. The summed E-state index contributed by atoms with van der Waals surface area (Å²) >= 11 is 0. The molecule has 0 aliphatic rings. The number of nitrogens with one attached hydrogen (secondary N) is 2. The third-order valence-corrected chi connectivity index (χ3v) is 2.57. The van der Waals surface area contributed by atoms with Crippen LogP contribution in [0.25, 0.3) is 0 Å². The SMILES string of the molecule is CCNc1ncnc(NCCOCCN(C)C)c1[N+](=O)[O-]. The van der Waals surface area contributed by atoms with Gasteiger partial charge in [0.05, 0.1) is 18.1 Å². The van der Waals surface area contributed by atoms with Gasteiger partial charge in [0.1, 0.15) is 6.33 Å². The average molecular weight is 298 g/mol. The third kappa shape index (κ3) is 5.88. The van der Waals surface area contributed by atoms with E-state index in [0.717, 1.165) is 6.54 Å². The first-order valence-corrected chi connectivity index (χ1v) is 6.75. The molecule has 0 radical (unpaired) electrons. The van der Waals surface area contributed by atoms with E-state index < -0.39 is 4.92 Å². The minimum Gasteiger partial charge on any atom is -0.378 e. The van der Waals surface area contributed by atoms with E-state index in [2.05, 4.69) is 20.6 Å². The monoisotopic (exact) mass is 298 g/mol. The highest BCUT2D eigenvalue weighted by Crippen LogP contribution is 2.28. The Morgan fingerprint density at radius 1 is 1.29 bits per heavy atom. The number of aromatic nitrogens is 2. The quantitative estimate of drug-likeness (QED) is 0.371. The fourth-order valence-corrected chi connectivity index (χ4v) is 1.57. The molecular weight excluding hydrogens is 276 g/mol. The molecule has 0 aliphatic heterocycles. The summed E-state index contributed by atoms with van der Waals surface area (Å²) in [7, 11) is 3.93. The molecule has 0 aliphatic carbocycles. The number of anilines is 2. The van der Waals surface area contributed by atoms with Gasteiger partial charge in [-0.25, -0.2) is 9.97 Å². The molecule has 2 N–H and O–H groups in total. The molecule has 0 saturated heterocycles. The van der Waals surface area contributed by atoms with Crippen molar-refractivity contribution in [2.75, 3.05) is 57.6 Å². The van der Waals surface area contributed by atoms with Gasteiger partial charge in [0, 0.05) is 19.6 Å². The summed E-state index contributed by atoms with van der Waals surface area (Å²) in [6.07, 6.45) is 1.29. The van der Waals surface area contributed by atoms with Crippen molar-refractivity contribution in [1.82, 2.24) is 14.9 Å². The molecule has 0 unspecified atom stereocenters. The number of hydrogen-bond donors (Lipinski definition) is 2. The van der Waals surface area contributed by atoms with E-state index in [-0.39, 0.29) is 17.3 Å². The first kappa shape index (κ1) is 17.1. The van der Waals surface area contributed by atoms with Crippen LogP contribution in [0.4, 0.5) is 17.3 Å². The molecule has 0 spiro atoms. The van der Waals surface area contributed by atoms with E-state index in [0.29, 0.717) is 26.3 Å². The molecule has 1 aromatic rings. The molecule has 21 heavy (non-hydrogen) atoms. The Hall–Kier alpha value is -2.00. The molecule has 0 amide bonds. The van der Waals surface area contributed by atoms with Gasteiger partial charge in [-0.05, 0) is 21.0 Å². The summed E-state index contributed by atoms with van der Waals surface area (Å²) in [5, 5.41) is 16.9. The second-order valence-electron chi connectivity index (χ2n) is 4.55. The lowest BCUT2D eigenvalue weighted by Crippen LogP contribution is -2.20. The van der Waals surface area contributed by atoms with Crippen LogP contribution >= 0.6 is 0 Å². The molecule has 1 heterocycles. The predicted molar refractivity (Wildman–Crippen MR) is 80.7 cm³/mol. The molecular formula is C12H22N6O3. The van der Waals surface area contributed by atoms with Gasteiger partial charge in [-0.15, -0.1) is 0 Å². The van der Waals surface area contributed by atoms with Crippen LogP contribution in [-0.2, 0) is 4.74 Å². The Morgan fingerprint density at radius 2 is 1.95 bits per heavy atom. The van der Waals surface area contributed by atoms with E-state index in [4.69, 9.17) is 4.74 Å². The summed E-state index contributed by atoms with van der Waals surface area (Å²) in [6.45, 7) is 4.73. The van der Waals surface area contributed by atoms with Crippen molar-refractivity contribution in [2.24, 2.45) is 0 Å². The lowest BCUT2D eigenvalue weighted by molar-refractivity contribution is -0.383. The van der Waals surface area contributed by atoms with Crippen LogP contribution in [0, 0.1) is 10.1 Å². The lowest BCUT2D eigenvalue weighted by Gasteiger charge is -2.11. The van der Waals surface area contributed by atoms with Crippen molar-refractivity contribution in [3.8, 4) is 0 Å². The zero-order valence-corrected chi connectivity index (χ0v) is 12.6. The highest BCUT2D eigenvalue weighted by molar-refractivity contribution is 5.69. The summed E-state index contributed by atoms with van der Waals surface area (Å²) in [5.74, 6) is 0.413. The van der Waals surface area contributed by atoms with E-state index in [1.54, 1.807) is 0 Å². The average Bonchev–Trinajstić information content (AvgIpc) is 2.42. The molecule has 9 heteroatoms. The van der Waals surface area contributed by atoms with Crippen LogP contribution in [0.5, 0.6) is 0 Å². The van der Waals surface area contributed by atoms with Crippen LogP contribution in [0.1, 0.15) is 6.92 Å². The van der Waals surface area contributed by atoms with E-state index >= 15 is 0 Å². The smallest absolute Gasteiger partial charge is 0.353 e. The summed E-state index contributed by atoms with van der Waals surface area (Å²) in [6, 6.07) is 0. The number of nitrogens with zero attached hydrogens (tertiary/aromatic N) is 4. The lowest BCUT2D eigenvalue weighted by atomic mass is 10.4.